The van der Waals surface area contributed by atoms with Gasteiger partial charge in [0.25, 0.3) is 0 Å². The van der Waals surface area contributed by atoms with Crippen LogP contribution in [0.5, 0.6) is 5.75 Å². The Morgan fingerprint density at radius 2 is 2.05 bits per heavy atom. The number of ether oxygens (including phenoxy) is 1. The predicted octanol–water partition coefficient (Wildman–Crippen LogP) is 4.40. The summed E-state index contributed by atoms with van der Waals surface area (Å²) in [5, 5.41) is 9.41. The highest BCUT2D eigenvalue weighted by molar-refractivity contribution is 9.10. The molecule has 5 heteroatoms. The molecule has 1 N–H and O–H groups in total. The van der Waals surface area contributed by atoms with Crippen LogP contribution in [0.3, 0.4) is 0 Å². The summed E-state index contributed by atoms with van der Waals surface area (Å²) >= 11 is 3.39. The first-order valence-corrected chi connectivity index (χ1v) is 7.40. The number of nitrogens with zero attached hydrogens (tertiary/aromatic N) is 2. The lowest BCUT2D eigenvalue weighted by atomic mass is 10.1. The van der Waals surface area contributed by atoms with Crippen molar-refractivity contribution in [3.8, 4) is 11.8 Å². The number of nitriles is 1. The van der Waals surface area contributed by atoms with Gasteiger partial charge in [0.05, 0.1) is 23.7 Å². The Hall–Kier alpha value is -2.58. The zero-order chi connectivity index (χ0) is 15.5. The van der Waals surface area contributed by atoms with Crippen LogP contribution in [-0.4, -0.2) is 17.1 Å². The van der Waals surface area contributed by atoms with Gasteiger partial charge in [-0.3, -0.25) is 0 Å². The van der Waals surface area contributed by atoms with E-state index in [1.165, 1.54) is 0 Å². The molecule has 0 aliphatic carbocycles. The summed E-state index contributed by atoms with van der Waals surface area (Å²) in [5.74, 6) is 1.30. The van der Waals surface area contributed by atoms with E-state index in [4.69, 9.17) is 4.74 Å². The molecule has 1 heterocycles. The molecular weight excluding hydrogens is 342 g/mol. The lowest BCUT2D eigenvalue weighted by Gasteiger charge is -1.97. The van der Waals surface area contributed by atoms with Gasteiger partial charge in [0, 0.05) is 10.5 Å². The van der Waals surface area contributed by atoms with Gasteiger partial charge in [0.1, 0.15) is 17.6 Å². The number of benzene rings is 2. The van der Waals surface area contributed by atoms with Gasteiger partial charge in [-0.25, -0.2) is 4.98 Å². The van der Waals surface area contributed by atoms with E-state index in [9.17, 15) is 5.26 Å². The summed E-state index contributed by atoms with van der Waals surface area (Å²) in [6, 6.07) is 15.5. The Bertz CT molecular complexity index is 888. The molecule has 0 aliphatic heterocycles. The normalized spacial score (nSPS) is 11.4. The van der Waals surface area contributed by atoms with Crippen LogP contribution >= 0.6 is 15.9 Å². The molecule has 3 aromatic rings. The largest absolute Gasteiger partial charge is 0.497 e. The van der Waals surface area contributed by atoms with Crippen molar-refractivity contribution in [3.05, 3.63) is 58.3 Å². The molecule has 0 radical (unpaired) electrons. The van der Waals surface area contributed by atoms with Gasteiger partial charge in [-0.15, -0.1) is 0 Å². The average Bonchev–Trinajstić information content (AvgIpc) is 2.97. The summed E-state index contributed by atoms with van der Waals surface area (Å²) in [7, 11) is 1.62. The summed E-state index contributed by atoms with van der Waals surface area (Å²) in [4.78, 5) is 7.62. The van der Waals surface area contributed by atoms with E-state index in [-0.39, 0.29) is 0 Å². The van der Waals surface area contributed by atoms with Gasteiger partial charge < -0.3 is 9.72 Å². The SMILES string of the molecule is COc1ccc2nc(/C(C#N)=C\c3ccc(Br)cc3)[nH]c2c1. The number of hydrogen-bond donors (Lipinski definition) is 1. The fraction of sp³-hybridized carbons (Fsp3) is 0.0588. The predicted molar refractivity (Wildman–Crippen MR) is 90.3 cm³/mol. The fourth-order valence-corrected chi connectivity index (χ4v) is 2.39. The molecular formula is C17H12BrN3O. The number of rotatable bonds is 3. The number of imidazole rings is 1. The Morgan fingerprint density at radius 1 is 1.27 bits per heavy atom. The Kier molecular flexibility index (Phi) is 3.94. The van der Waals surface area contributed by atoms with Crippen molar-refractivity contribution in [2.24, 2.45) is 0 Å². The van der Waals surface area contributed by atoms with E-state index in [0.29, 0.717) is 11.4 Å². The maximum absolute atomic E-state index is 9.41. The Balaban J connectivity index is 2.03. The molecule has 0 spiro atoms. The minimum atomic E-state index is 0.484. The number of H-pyrrole nitrogens is 1. The number of methoxy groups -OCH3 is 1. The molecule has 0 saturated heterocycles. The molecule has 0 atom stereocenters. The molecule has 0 amide bonds. The first-order chi connectivity index (χ1) is 10.7. The van der Waals surface area contributed by atoms with E-state index in [2.05, 4.69) is 32.0 Å². The van der Waals surface area contributed by atoms with Crippen LogP contribution in [0.1, 0.15) is 11.4 Å². The van der Waals surface area contributed by atoms with E-state index in [0.717, 1.165) is 26.8 Å². The number of allylic oxidation sites excluding steroid dienone is 1. The van der Waals surface area contributed by atoms with Crippen LogP contribution in [-0.2, 0) is 0 Å². The van der Waals surface area contributed by atoms with Crippen molar-refractivity contribution in [1.29, 1.82) is 5.26 Å². The maximum atomic E-state index is 9.41. The molecule has 0 aliphatic rings. The smallest absolute Gasteiger partial charge is 0.149 e. The summed E-state index contributed by atoms with van der Waals surface area (Å²) in [5.41, 5.74) is 3.06. The number of halogens is 1. The fourth-order valence-electron chi connectivity index (χ4n) is 2.12. The number of aromatic amines is 1. The zero-order valence-electron chi connectivity index (χ0n) is 11.8. The topological polar surface area (TPSA) is 61.7 Å². The lowest BCUT2D eigenvalue weighted by Crippen LogP contribution is -1.84. The van der Waals surface area contributed by atoms with Gasteiger partial charge in [0.2, 0.25) is 0 Å². The van der Waals surface area contributed by atoms with Crippen molar-refractivity contribution >= 4 is 38.6 Å². The zero-order valence-corrected chi connectivity index (χ0v) is 13.4. The number of fused-ring (bicyclic) bond motifs is 1. The first-order valence-electron chi connectivity index (χ1n) is 6.61. The summed E-state index contributed by atoms with van der Waals surface area (Å²) < 4.78 is 6.19. The molecule has 3 rings (SSSR count). The molecule has 22 heavy (non-hydrogen) atoms. The standard InChI is InChI=1S/C17H12BrN3O/c1-22-14-6-7-15-16(9-14)21-17(20-15)12(10-19)8-11-2-4-13(18)5-3-11/h2-9H,1H3,(H,20,21)/b12-8-. The number of hydrogen-bond acceptors (Lipinski definition) is 3. The van der Waals surface area contributed by atoms with E-state index < -0.39 is 0 Å². The van der Waals surface area contributed by atoms with Crippen molar-refractivity contribution in [2.45, 2.75) is 0 Å². The molecule has 0 fully saturated rings. The lowest BCUT2D eigenvalue weighted by molar-refractivity contribution is 0.415. The van der Waals surface area contributed by atoms with Gasteiger partial charge in [-0.2, -0.15) is 5.26 Å². The first kappa shape index (κ1) is 14.4. The molecule has 1 aromatic heterocycles. The van der Waals surface area contributed by atoms with Crippen molar-refractivity contribution < 1.29 is 4.74 Å². The monoisotopic (exact) mass is 353 g/mol. The van der Waals surface area contributed by atoms with Gasteiger partial charge in [-0.05, 0) is 35.9 Å². The van der Waals surface area contributed by atoms with Crippen molar-refractivity contribution in [3.63, 3.8) is 0 Å². The average molecular weight is 354 g/mol. The highest BCUT2D eigenvalue weighted by Gasteiger charge is 2.08. The molecule has 0 unspecified atom stereocenters. The summed E-state index contributed by atoms with van der Waals surface area (Å²) in [6.07, 6.45) is 1.81. The molecule has 108 valence electrons. The third kappa shape index (κ3) is 2.87. The Morgan fingerprint density at radius 3 is 2.73 bits per heavy atom. The summed E-state index contributed by atoms with van der Waals surface area (Å²) in [6.45, 7) is 0. The van der Waals surface area contributed by atoms with Crippen LogP contribution in [0.15, 0.2) is 46.9 Å². The second-order valence-corrected chi connectivity index (χ2v) is 5.61. The van der Waals surface area contributed by atoms with Crippen molar-refractivity contribution in [1.82, 2.24) is 9.97 Å². The second kappa shape index (κ2) is 6.04. The number of aromatic nitrogens is 2. The second-order valence-electron chi connectivity index (χ2n) is 4.69. The quantitative estimate of drug-likeness (QED) is 0.709. The Labute approximate surface area is 136 Å². The molecule has 4 nitrogen and oxygen atoms in total. The highest BCUT2D eigenvalue weighted by atomic mass is 79.9. The van der Waals surface area contributed by atoms with Gasteiger partial charge >= 0.3 is 0 Å². The molecule has 0 bridgehead atoms. The van der Waals surface area contributed by atoms with E-state index in [1.54, 1.807) is 13.2 Å². The minimum absolute atomic E-state index is 0.484. The van der Waals surface area contributed by atoms with Crippen molar-refractivity contribution in [2.75, 3.05) is 7.11 Å². The molecule has 0 saturated carbocycles. The maximum Gasteiger partial charge on any atom is 0.149 e. The number of nitrogens with one attached hydrogen (secondary N) is 1. The third-order valence-electron chi connectivity index (χ3n) is 3.25. The van der Waals surface area contributed by atoms with Crippen LogP contribution in [0.4, 0.5) is 0 Å². The van der Waals surface area contributed by atoms with E-state index in [1.807, 2.05) is 42.5 Å². The highest BCUT2D eigenvalue weighted by Crippen LogP contribution is 2.23. The molecule has 2 aromatic carbocycles. The van der Waals surface area contributed by atoms with Crippen LogP contribution in [0.2, 0.25) is 0 Å². The van der Waals surface area contributed by atoms with E-state index >= 15 is 0 Å². The van der Waals surface area contributed by atoms with Crippen LogP contribution in [0.25, 0.3) is 22.7 Å². The van der Waals surface area contributed by atoms with Crippen LogP contribution < -0.4 is 4.74 Å². The third-order valence-corrected chi connectivity index (χ3v) is 3.77. The van der Waals surface area contributed by atoms with Gasteiger partial charge in [0.15, 0.2) is 0 Å². The van der Waals surface area contributed by atoms with Crippen LogP contribution in [0, 0.1) is 11.3 Å². The minimum Gasteiger partial charge on any atom is -0.497 e. The van der Waals surface area contributed by atoms with Gasteiger partial charge in [-0.1, -0.05) is 28.1 Å².